The number of benzene rings is 1. The second-order valence-corrected chi connectivity index (χ2v) is 5.07. The smallest absolute Gasteiger partial charge is 0.00697 e. The van der Waals surface area contributed by atoms with Crippen LogP contribution in [0.4, 0.5) is 0 Å². The van der Waals surface area contributed by atoms with Crippen molar-refractivity contribution in [3.63, 3.8) is 0 Å². The topological polar surface area (TPSA) is 0 Å². The summed E-state index contributed by atoms with van der Waals surface area (Å²) in [7, 11) is 0. The number of aryl methyl sites for hydroxylation is 1. The highest BCUT2D eigenvalue weighted by Crippen LogP contribution is 2.16. The normalized spacial score (nSPS) is 11.8. The predicted octanol–water partition coefficient (Wildman–Crippen LogP) is 5.82. The zero-order valence-corrected chi connectivity index (χ0v) is 12.9. The van der Waals surface area contributed by atoms with Crippen molar-refractivity contribution in [2.24, 2.45) is 0 Å². The summed E-state index contributed by atoms with van der Waals surface area (Å²) < 4.78 is 0. The number of hydrogen-bond donors (Lipinski definition) is 0. The Labute approximate surface area is 124 Å². The van der Waals surface area contributed by atoms with Crippen LogP contribution in [0.15, 0.2) is 72.9 Å². The van der Waals surface area contributed by atoms with Gasteiger partial charge in [0.25, 0.3) is 0 Å². The van der Waals surface area contributed by atoms with E-state index in [4.69, 9.17) is 0 Å². The van der Waals surface area contributed by atoms with Crippen LogP contribution in [0.1, 0.15) is 37.8 Å². The van der Waals surface area contributed by atoms with Crippen LogP contribution >= 0.6 is 0 Å². The second-order valence-electron chi connectivity index (χ2n) is 5.07. The summed E-state index contributed by atoms with van der Waals surface area (Å²) in [6.45, 7) is 12.3. The Morgan fingerprint density at radius 2 is 1.75 bits per heavy atom. The zero-order chi connectivity index (χ0) is 14.8. The molecule has 106 valence electrons. The van der Waals surface area contributed by atoms with Crippen molar-refractivity contribution in [3.8, 4) is 0 Å². The van der Waals surface area contributed by atoms with E-state index in [-0.39, 0.29) is 0 Å². The van der Waals surface area contributed by atoms with Crippen LogP contribution in [0, 0.1) is 0 Å². The molecule has 1 aromatic carbocycles. The maximum Gasteiger partial charge on any atom is -0.00697 e. The van der Waals surface area contributed by atoms with Gasteiger partial charge in [0, 0.05) is 0 Å². The molecule has 0 aliphatic rings. The summed E-state index contributed by atoms with van der Waals surface area (Å²) in [6.07, 6.45) is 12.2. The summed E-state index contributed by atoms with van der Waals surface area (Å²) >= 11 is 0. The molecule has 0 heteroatoms. The first-order valence-corrected chi connectivity index (χ1v) is 7.38. The van der Waals surface area contributed by atoms with Gasteiger partial charge in [-0.05, 0) is 49.3 Å². The molecule has 0 atom stereocenters. The minimum atomic E-state index is 0.970. The monoisotopic (exact) mass is 266 g/mol. The van der Waals surface area contributed by atoms with Crippen LogP contribution < -0.4 is 0 Å². The molecule has 0 aliphatic carbocycles. The van der Waals surface area contributed by atoms with E-state index < -0.39 is 0 Å². The maximum absolute atomic E-state index is 4.20. The first kappa shape index (κ1) is 16.2. The fourth-order valence-electron chi connectivity index (χ4n) is 2.06. The summed E-state index contributed by atoms with van der Waals surface area (Å²) in [6, 6.07) is 8.86. The standard InChI is InChI=1S/C20H26/c1-5-8-9-18(6-2)11-10-17(4)16-20-14-12-19(7-3)13-15-20/h5-6,8-9,12-15H,2,4,7,10-11,16H2,1,3H3/b8-5-,18-9+. The number of rotatable bonds is 8. The van der Waals surface area contributed by atoms with E-state index in [1.165, 1.54) is 22.3 Å². The van der Waals surface area contributed by atoms with Crippen molar-refractivity contribution in [1.82, 2.24) is 0 Å². The Balaban J connectivity index is 2.48. The Hall–Kier alpha value is -1.82. The quantitative estimate of drug-likeness (QED) is 0.411. The molecule has 1 rings (SSSR count). The van der Waals surface area contributed by atoms with Crippen molar-refractivity contribution in [1.29, 1.82) is 0 Å². The SMILES string of the molecule is C=C/C(=C\C=C/C)CCC(=C)Cc1ccc(CC)cc1. The van der Waals surface area contributed by atoms with Crippen molar-refractivity contribution >= 4 is 0 Å². The third kappa shape index (κ3) is 5.88. The molecule has 0 spiro atoms. The van der Waals surface area contributed by atoms with Gasteiger partial charge in [-0.15, -0.1) is 0 Å². The van der Waals surface area contributed by atoms with Gasteiger partial charge in [0.05, 0.1) is 0 Å². The summed E-state index contributed by atoms with van der Waals surface area (Å²) in [5.41, 5.74) is 5.29. The van der Waals surface area contributed by atoms with Gasteiger partial charge in [-0.2, -0.15) is 0 Å². The average molecular weight is 266 g/mol. The molecule has 0 aromatic heterocycles. The fourth-order valence-corrected chi connectivity index (χ4v) is 2.06. The Morgan fingerprint density at radius 3 is 2.30 bits per heavy atom. The summed E-state index contributed by atoms with van der Waals surface area (Å²) in [5.74, 6) is 0. The number of hydrogen-bond acceptors (Lipinski definition) is 0. The Bertz CT molecular complexity index is 483. The van der Waals surface area contributed by atoms with E-state index in [1.807, 2.05) is 19.1 Å². The van der Waals surface area contributed by atoms with Crippen LogP contribution in [0.5, 0.6) is 0 Å². The molecular formula is C20H26. The maximum atomic E-state index is 4.20. The highest BCUT2D eigenvalue weighted by Gasteiger charge is 2.00. The molecule has 0 radical (unpaired) electrons. The van der Waals surface area contributed by atoms with E-state index in [1.54, 1.807) is 0 Å². The van der Waals surface area contributed by atoms with Crippen molar-refractivity contribution in [3.05, 3.63) is 84.0 Å². The highest BCUT2D eigenvalue weighted by molar-refractivity contribution is 5.27. The molecule has 0 saturated carbocycles. The van der Waals surface area contributed by atoms with Gasteiger partial charge < -0.3 is 0 Å². The van der Waals surface area contributed by atoms with Crippen LogP contribution in [-0.2, 0) is 12.8 Å². The molecule has 0 unspecified atom stereocenters. The molecular weight excluding hydrogens is 240 g/mol. The van der Waals surface area contributed by atoms with Gasteiger partial charge in [-0.25, -0.2) is 0 Å². The summed E-state index contributed by atoms with van der Waals surface area (Å²) in [5, 5.41) is 0. The van der Waals surface area contributed by atoms with Crippen molar-refractivity contribution in [2.75, 3.05) is 0 Å². The molecule has 0 aliphatic heterocycles. The van der Waals surface area contributed by atoms with E-state index in [0.29, 0.717) is 0 Å². The lowest BCUT2D eigenvalue weighted by Crippen LogP contribution is -1.91. The molecule has 0 N–H and O–H groups in total. The molecule has 0 amide bonds. The van der Waals surface area contributed by atoms with Gasteiger partial charge in [-0.1, -0.05) is 74.2 Å². The molecule has 1 aromatic rings. The first-order valence-electron chi connectivity index (χ1n) is 7.38. The Morgan fingerprint density at radius 1 is 1.10 bits per heavy atom. The highest BCUT2D eigenvalue weighted by atomic mass is 14.1. The zero-order valence-electron chi connectivity index (χ0n) is 12.9. The van der Waals surface area contributed by atoms with Gasteiger partial charge in [0.15, 0.2) is 0 Å². The van der Waals surface area contributed by atoms with Crippen LogP contribution in [0.25, 0.3) is 0 Å². The molecule has 0 heterocycles. The lowest BCUT2D eigenvalue weighted by molar-refractivity contribution is 0.907. The van der Waals surface area contributed by atoms with E-state index >= 15 is 0 Å². The average Bonchev–Trinajstić information content (AvgIpc) is 2.48. The molecule has 0 fully saturated rings. The summed E-state index contributed by atoms with van der Waals surface area (Å²) in [4.78, 5) is 0. The van der Waals surface area contributed by atoms with E-state index in [9.17, 15) is 0 Å². The fraction of sp³-hybridized carbons (Fsp3) is 0.300. The van der Waals surface area contributed by atoms with Crippen molar-refractivity contribution < 1.29 is 0 Å². The molecule has 0 nitrogen and oxygen atoms in total. The van der Waals surface area contributed by atoms with Crippen LogP contribution in [-0.4, -0.2) is 0 Å². The lowest BCUT2D eigenvalue weighted by Gasteiger charge is -2.07. The molecule has 20 heavy (non-hydrogen) atoms. The van der Waals surface area contributed by atoms with Gasteiger partial charge in [0.1, 0.15) is 0 Å². The molecule has 0 bridgehead atoms. The van der Waals surface area contributed by atoms with Crippen LogP contribution in [0.2, 0.25) is 0 Å². The minimum Gasteiger partial charge on any atom is -0.0995 e. The molecule has 0 saturated heterocycles. The van der Waals surface area contributed by atoms with Gasteiger partial charge >= 0.3 is 0 Å². The second kappa shape index (κ2) is 9.14. The third-order valence-electron chi connectivity index (χ3n) is 3.42. The van der Waals surface area contributed by atoms with E-state index in [0.717, 1.165) is 25.7 Å². The van der Waals surface area contributed by atoms with Crippen LogP contribution in [0.3, 0.4) is 0 Å². The van der Waals surface area contributed by atoms with Gasteiger partial charge in [0.2, 0.25) is 0 Å². The lowest BCUT2D eigenvalue weighted by atomic mass is 9.98. The number of allylic oxidation sites excluding steroid dienone is 6. The predicted molar refractivity (Wildman–Crippen MR) is 91.0 cm³/mol. The third-order valence-corrected chi connectivity index (χ3v) is 3.42. The largest absolute Gasteiger partial charge is 0.0995 e. The minimum absolute atomic E-state index is 0.970. The Kier molecular flexibility index (Phi) is 7.42. The van der Waals surface area contributed by atoms with Gasteiger partial charge in [-0.3, -0.25) is 0 Å². The van der Waals surface area contributed by atoms with Crippen molar-refractivity contribution in [2.45, 2.75) is 39.5 Å². The van der Waals surface area contributed by atoms with E-state index in [2.05, 4.69) is 56.5 Å². The first-order chi connectivity index (χ1) is 9.69.